The fourth-order valence-corrected chi connectivity index (χ4v) is 2.41. The first-order chi connectivity index (χ1) is 9.81. The molecular formula is C15H22N4O. The minimum absolute atomic E-state index is 0.0650. The first kappa shape index (κ1) is 14.7. The van der Waals surface area contributed by atoms with Crippen molar-refractivity contribution in [1.29, 1.82) is 0 Å². The van der Waals surface area contributed by atoms with Gasteiger partial charge in [0, 0.05) is 6.61 Å². The molecule has 1 N–H and O–H groups in total. The Kier molecular flexibility index (Phi) is 5.26. The van der Waals surface area contributed by atoms with Gasteiger partial charge in [-0.15, -0.1) is 5.10 Å². The molecular weight excluding hydrogens is 252 g/mol. The second kappa shape index (κ2) is 7.17. The third-order valence-electron chi connectivity index (χ3n) is 3.36. The van der Waals surface area contributed by atoms with Gasteiger partial charge in [-0.3, -0.25) is 0 Å². The van der Waals surface area contributed by atoms with Gasteiger partial charge in [0.1, 0.15) is 0 Å². The number of aromatic nitrogens is 3. The maximum absolute atomic E-state index is 5.83. The lowest BCUT2D eigenvalue weighted by atomic mass is 10.1. The van der Waals surface area contributed by atoms with Crippen molar-refractivity contribution < 1.29 is 4.74 Å². The molecule has 1 heterocycles. The van der Waals surface area contributed by atoms with E-state index in [0.717, 1.165) is 17.8 Å². The van der Waals surface area contributed by atoms with Gasteiger partial charge in [-0.2, -0.15) is 0 Å². The van der Waals surface area contributed by atoms with E-state index in [1.807, 2.05) is 49.0 Å². The van der Waals surface area contributed by atoms with Gasteiger partial charge < -0.3 is 10.1 Å². The molecule has 0 aliphatic heterocycles. The maximum Gasteiger partial charge on any atom is 0.0841 e. The molecule has 108 valence electrons. The molecule has 2 aromatic rings. The molecule has 0 saturated carbocycles. The van der Waals surface area contributed by atoms with Gasteiger partial charge in [0.25, 0.3) is 0 Å². The van der Waals surface area contributed by atoms with Crippen molar-refractivity contribution in [2.45, 2.75) is 32.4 Å². The number of hydrogen-bond acceptors (Lipinski definition) is 4. The predicted molar refractivity (Wildman–Crippen MR) is 78.9 cm³/mol. The molecule has 0 aliphatic carbocycles. The van der Waals surface area contributed by atoms with Gasteiger partial charge in [0.2, 0.25) is 0 Å². The van der Waals surface area contributed by atoms with Gasteiger partial charge in [-0.1, -0.05) is 30.3 Å². The van der Waals surface area contributed by atoms with Crippen LogP contribution in [0.25, 0.3) is 5.69 Å². The van der Waals surface area contributed by atoms with Gasteiger partial charge in [-0.25, -0.2) is 4.68 Å². The largest absolute Gasteiger partial charge is 0.376 e. The van der Waals surface area contributed by atoms with E-state index in [9.17, 15) is 0 Å². The predicted octanol–water partition coefficient (Wildman–Crippen LogP) is 2.34. The molecule has 0 aliphatic rings. The monoisotopic (exact) mass is 274 g/mol. The highest BCUT2D eigenvalue weighted by molar-refractivity contribution is 5.32. The fourth-order valence-electron chi connectivity index (χ4n) is 2.41. The molecule has 0 spiro atoms. The van der Waals surface area contributed by atoms with E-state index in [2.05, 4.69) is 22.6 Å². The van der Waals surface area contributed by atoms with Crippen molar-refractivity contribution in [3.8, 4) is 5.69 Å². The second-order valence-electron chi connectivity index (χ2n) is 4.57. The molecule has 0 bridgehead atoms. The van der Waals surface area contributed by atoms with E-state index in [0.29, 0.717) is 6.61 Å². The summed E-state index contributed by atoms with van der Waals surface area (Å²) in [4.78, 5) is 0. The smallest absolute Gasteiger partial charge is 0.0841 e. The van der Waals surface area contributed by atoms with E-state index in [4.69, 9.17) is 4.74 Å². The molecule has 20 heavy (non-hydrogen) atoms. The van der Waals surface area contributed by atoms with Crippen molar-refractivity contribution in [1.82, 2.24) is 20.3 Å². The topological polar surface area (TPSA) is 52.0 Å². The van der Waals surface area contributed by atoms with Crippen LogP contribution in [-0.4, -0.2) is 34.8 Å². The molecule has 5 heteroatoms. The van der Waals surface area contributed by atoms with Gasteiger partial charge >= 0.3 is 0 Å². The molecule has 2 unspecified atom stereocenters. The van der Waals surface area contributed by atoms with Crippen LogP contribution < -0.4 is 5.32 Å². The normalized spacial score (nSPS) is 14.2. The first-order valence-electron chi connectivity index (χ1n) is 7.06. The summed E-state index contributed by atoms with van der Waals surface area (Å²) in [6, 6.07) is 10.1. The molecule has 2 rings (SSSR count). The lowest BCUT2D eigenvalue weighted by Gasteiger charge is -2.26. The van der Waals surface area contributed by atoms with E-state index in [1.165, 1.54) is 0 Å². The van der Waals surface area contributed by atoms with Crippen LogP contribution in [-0.2, 0) is 4.74 Å². The molecule has 2 atom stereocenters. The molecule has 5 nitrogen and oxygen atoms in total. The SMILES string of the molecule is CCOC(CC)C(NC)c1cnnn1-c1ccccc1. The lowest BCUT2D eigenvalue weighted by Crippen LogP contribution is -2.33. The van der Waals surface area contributed by atoms with E-state index < -0.39 is 0 Å². The number of nitrogens with zero attached hydrogens (tertiary/aromatic N) is 3. The second-order valence-corrected chi connectivity index (χ2v) is 4.57. The Bertz CT molecular complexity index is 512. The molecule has 1 aromatic heterocycles. The zero-order valence-corrected chi connectivity index (χ0v) is 12.3. The third kappa shape index (κ3) is 3.05. The zero-order valence-electron chi connectivity index (χ0n) is 12.3. The Balaban J connectivity index is 2.34. The van der Waals surface area contributed by atoms with E-state index >= 15 is 0 Å². The highest BCUT2D eigenvalue weighted by Gasteiger charge is 2.25. The zero-order chi connectivity index (χ0) is 14.4. The number of nitrogens with one attached hydrogen (secondary N) is 1. The molecule has 1 aromatic carbocycles. The molecule has 0 radical (unpaired) electrons. The molecule has 0 amide bonds. The summed E-state index contributed by atoms with van der Waals surface area (Å²) in [5.74, 6) is 0. The Hall–Kier alpha value is -1.72. The van der Waals surface area contributed by atoms with Crippen LogP contribution in [0.3, 0.4) is 0 Å². The average molecular weight is 274 g/mol. The van der Waals surface area contributed by atoms with Crippen LogP contribution in [0.5, 0.6) is 0 Å². The summed E-state index contributed by atoms with van der Waals surface area (Å²) in [6.07, 6.45) is 2.83. The van der Waals surface area contributed by atoms with Gasteiger partial charge in [0.15, 0.2) is 0 Å². The number of ether oxygens (including phenoxy) is 1. The highest BCUT2D eigenvalue weighted by atomic mass is 16.5. The van der Waals surface area contributed by atoms with Crippen molar-refractivity contribution in [3.05, 3.63) is 42.2 Å². The summed E-state index contributed by atoms with van der Waals surface area (Å²) < 4.78 is 7.69. The number of hydrogen-bond donors (Lipinski definition) is 1. The maximum atomic E-state index is 5.83. The van der Waals surface area contributed by atoms with Crippen molar-refractivity contribution in [3.63, 3.8) is 0 Å². The van der Waals surface area contributed by atoms with Crippen molar-refractivity contribution >= 4 is 0 Å². The fraction of sp³-hybridized carbons (Fsp3) is 0.467. The third-order valence-corrected chi connectivity index (χ3v) is 3.36. The summed E-state index contributed by atoms with van der Waals surface area (Å²) in [7, 11) is 1.94. The molecule has 0 saturated heterocycles. The summed E-state index contributed by atoms with van der Waals surface area (Å²) >= 11 is 0. The Labute approximate surface area is 120 Å². The van der Waals surface area contributed by atoms with Crippen LogP contribution in [0.15, 0.2) is 36.5 Å². The summed E-state index contributed by atoms with van der Waals surface area (Å²) in [6.45, 7) is 4.84. The number of rotatable bonds is 7. The minimum atomic E-state index is 0.0650. The molecule has 0 fully saturated rings. The number of likely N-dealkylation sites (N-methyl/N-ethyl adjacent to an activating group) is 1. The summed E-state index contributed by atoms with van der Waals surface area (Å²) in [5, 5.41) is 11.6. The highest BCUT2D eigenvalue weighted by Crippen LogP contribution is 2.22. The quantitative estimate of drug-likeness (QED) is 0.842. The van der Waals surface area contributed by atoms with Crippen LogP contribution in [0, 0.1) is 0 Å². The Morgan fingerprint density at radius 1 is 1.25 bits per heavy atom. The average Bonchev–Trinajstić information content (AvgIpc) is 2.97. The number of benzene rings is 1. The van der Waals surface area contributed by atoms with Crippen LogP contribution in [0.2, 0.25) is 0 Å². The van der Waals surface area contributed by atoms with E-state index in [-0.39, 0.29) is 12.1 Å². The standard InChI is InChI=1S/C15H22N4O/c1-4-14(20-5-2)15(16-3)13-11-17-18-19(13)12-9-7-6-8-10-12/h6-11,14-16H,4-5H2,1-3H3. The van der Waals surface area contributed by atoms with Crippen LogP contribution in [0.1, 0.15) is 32.0 Å². The summed E-state index contributed by atoms with van der Waals surface area (Å²) in [5.41, 5.74) is 2.02. The Morgan fingerprint density at radius 3 is 2.60 bits per heavy atom. The number of para-hydroxylation sites is 1. The van der Waals surface area contributed by atoms with Gasteiger partial charge in [0.05, 0.1) is 29.7 Å². The van der Waals surface area contributed by atoms with E-state index in [1.54, 1.807) is 6.20 Å². The first-order valence-corrected chi connectivity index (χ1v) is 7.06. The minimum Gasteiger partial charge on any atom is -0.376 e. The Morgan fingerprint density at radius 2 is 2.00 bits per heavy atom. The van der Waals surface area contributed by atoms with Crippen molar-refractivity contribution in [2.75, 3.05) is 13.7 Å². The van der Waals surface area contributed by atoms with Gasteiger partial charge in [-0.05, 0) is 32.5 Å². The lowest BCUT2D eigenvalue weighted by molar-refractivity contribution is 0.0317. The van der Waals surface area contributed by atoms with Crippen LogP contribution in [0.4, 0.5) is 0 Å². The van der Waals surface area contributed by atoms with Crippen molar-refractivity contribution in [2.24, 2.45) is 0 Å². The van der Waals surface area contributed by atoms with Crippen LogP contribution >= 0.6 is 0 Å².